The summed E-state index contributed by atoms with van der Waals surface area (Å²) >= 11 is 11.9. The summed E-state index contributed by atoms with van der Waals surface area (Å²) in [7, 11) is 2.95. The minimum atomic E-state index is -0.782. The lowest BCUT2D eigenvalue weighted by Crippen LogP contribution is -2.14. The van der Waals surface area contributed by atoms with Crippen molar-refractivity contribution in [2.75, 3.05) is 19.5 Å². The smallest absolute Gasteiger partial charge is 0.272 e. The third kappa shape index (κ3) is 4.71. The first-order valence-electron chi connectivity index (χ1n) is 7.59. The van der Waals surface area contributed by atoms with Gasteiger partial charge in [0.15, 0.2) is 11.5 Å². The number of methoxy groups -OCH3 is 2. The van der Waals surface area contributed by atoms with Crippen LogP contribution >= 0.6 is 23.2 Å². The minimum Gasteiger partial charge on any atom is -0.493 e. The third-order valence-corrected chi connectivity index (χ3v) is 4.16. The molecule has 0 bridgehead atoms. The van der Waals surface area contributed by atoms with Crippen molar-refractivity contribution in [1.29, 1.82) is 5.26 Å². The van der Waals surface area contributed by atoms with Crippen LogP contribution in [0.5, 0.6) is 11.5 Å². The average Bonchev–Trinajstić information content (AvgIpc) is 2.68. The van der Waals surface area contributed by atoms with E-state index in [4.69, 9.17) is 32.7 Å². The minimum absolute atomic E-state index is 0.0348. The van der Waals surface area contributed by atoms with Crippen LogP contribution in [0.15, 0.2) is 35.9 Å². The lowest BCUT2D eigenvalue weighted by Gasteiger charge is -2.10. The molecule has 0 aromatic heterocycles. The van der Waals surface area contributed by atoms with Gasteiger partial charge < -0.3 is 14.8 Å². The maximum absolute atomic E-state index is 12.4. The van der Waals surface area contributed by atoms with E-state index >= 15 is 0 Å². The fraction of sp³-hybridized carbons (Fsp3) is 0.111. The van der Waals surface area contributed by atoms with Crippen molar-refractivity contribution in [2.24, 2.45) is 0 Å². The summed E-state index contributed by atoms with van der Waals surface area (Å²) in [5, 5.41) is 22.3. The molecule has 0 saturated carbocycles. The number of halogens is 2. The quantitative estimate of drug-likeness (QED) is 0.318. The number of nitro benzene ring substituents is 1. The van der Waals surface area contributed by atoms with Crippen molar-refractivity contribution in [3.8, 4) is 17.6 Å². The maximum Gasteiger partial charge on any atom is 0.272 e. The normalized spacial score (nSPS) is 10.8. The van der Waals surface area contributed by atoms with Crippen LogP contribution in [0.1, 0.15) is 5.56 Å². The first-order valence-corrected chi connectivity index (χ1v) is 8.35. The molecule has 2 rings (SSSR count). The molecule has 1 N–H and O–H groups in total. The zero-order chi connectivity index (χ0) is 20.8. The molecule has 0 spiro atoms. The van der Waals surface area contributed by atoms with E-state index in [1.165, 1.54) is 20.3 Å². The van der Waals surface area contributed by atoms with Gasteiger partial charge in [-0.25, -0.2) is 0 Å². The van der Waals surface area contributed by atoms with Crippen LogP contribution in [-0.2, 0) is 4.79 Å². The highest BCUT2D eigenvalue weighted by Gasteiger charge is 2.18. The van der Waals surface area contributed by atoms with E-state index in [2.05, 4.69) is 5.32 Å². The van der Waals surface area contributed by atoms with Crippen molar-refractivity contribution >= 4 is 46.6 Å². The Balaban J connectivity index is 2.34. The summed E-state index contributed by atoms with van der Waals surface area (Å²) in [5.74, 6) is 0.136. The lowest BCUT2D eigenvalue weighted by molar-refractivity contribution is -0.384. The zero-order valence-electron chi connectivity index (χ0n) is 14.7. The number of benzene rings is 2. The zero-order valence-corrected chi connectivity index (χ0v) is 16.2. The summed E-state index contributed by atoms with van der Waals surface area (Å²) in [6.45, 7) is 0. The summed E-state index contributed by atoms with van der Waals surface area (Å²) in [6, 6.07) is 8.74. The van der Waals surface area contributed by atoms with Crippen LogP contribution < -0.4 is 14.8 Å². The molecule has 10 heteroatoms. The Kier molecular flexibility index (Phi) is 6.82. The van der Waals surface area contributed by atoms with E-state index in [9.17, 15) is 20.2 Å². The standard InChI is InChI=1S/C18H13Cl2N3O5/c1-27-15-4-3-10(6-16(15)28-2)5-11(9-21)18(24)22-17-13(19)7-12(23(25)26)8-14(17)20/h3-8H,1-2H3,(H,22,24)/b11-5+. The van der Waals surface area contributed by atoms with Crippen molar-refractivity contribution in [3.63, 3.8) is 0 Å². The number of ether oxygens (including phenoxy) is 2. The second-order valence-corrected chi connectivity index (χ2v) is 6.09. The number of non-ortho nitro benzene ring substituents is 1. The van der Waals surface area contributed by atoms with Gasteiger partial charge in [0.1, 0.15) is 11.6 Å². The largest absolute Gasteiger partial charge is 0.493 e. The molecular formula is C18H13Cl2N3O5. The topological polar surface area (TPSA) is 114 Å². The van der Waals surface area contributed by atoms with E-state index in [0.29, 0.717) is 17.1 Å². The van der Waals surface area contributed by atoms with Gasteiger partial charge in [-0.15, -0.1) is 0 Å². The highest BCUT2D eigenvalue weighted by Crippen LogP contribution is 2.35. The van der Waals surface area contributed by atoms with Crippen LogP contribution in [0.2, 0.25) is 10.0 Å². The number of carbonyl (C=O) groups excluding carboxylic acids is 1. The molecule has 0 atom stereocenters. The Morgan fingerprint density at radius 1 is 1.18 bits per heavy atom. The Hall–Kier alpha value is -3.28. The van der Waals surface area contributed by atoms with Crippen molar-refractivity contribution in [1.82, 2.24) is 0 Å². The third-order valence-electron chi connectivity index (χ3n) is 3.56. The molecule has 1 amide bonds. The monoisotopic (exact) mass is 421 g/mol. The fourth-order valence-corrected chi connectivity index (χ4v) is 2.79. The average molecular weight is 422 g/mol. The summed E-state index contributed by atoms with van der Waals surface area (Å²) in [5.41, 5.74) is -0.0790. The number of nitro groups is 1. The number of nitrogens with one attached hydrogen (secondary N) is 1. The highest BCUT2D eigenvalue weighted by molar-refractivity contribution is 6.40. The second-order valence-electron chi connectivity index (χ2n) is 5.28. The maximum atomic E-state index is 12.4. The molecule has 0 heterocycles. The molecule has 8 nitrogen and oxygen atoms in total. The van der Waals surface area contributed by atoms with Gasteiger partial charge in [-0.2, -0.15) is 5.26 Å². The first-order chi connectivity index (χ1) is 13.3. The van der Waals surface area contributed by atoms with Gasteiger partial charge in [-0.1, -0.05) is 29.3 Å². The van der Waals surface area contributed by atoms with Gasteiger partial charge in [0.25, 0.3) is 11.6 Å². The van der Waals surface area contributed by atoms with Crippen LogP contribution in [0.4, 0.5) is 11.4 Å². The predicted octanol–water partition coefficient (Wildman–Crippen LogP) is 4.46. The molecule has 0 saturated heterocycles. The molecule has 144 valence electrons. The number of nitrogens with zero attached hydrogens (tertiary/aromatic N) is 2. The predicted molar refractivity (Wildman–Crippen MR) is 105 cm³/mol. The molecule has 0 fully saturated rings. The van der Waals surface area contributed by atoms with E-state index in [1.54, 1.807) is 24.3 Å². The molecule has 0 radical (unpaired) electrons. The number of anilines is 1. The molecule has 0 aliphatic heterocycles. The van der Waals surface area contributed by atoms with Crippen LogP contribution in [0.25, 0.3) is 6.08 Å². The first kappa shape index (κ1) is 21.0. The van der Waals surface area contributed by atoms with Gasteiger partial charge in [-0.05, 0) is 23.8 Å². The molecular weight excluding hydrogens is 409 g/mol. The second kappa shape index (κ2) is 9.08. The molecule has 0 aliphatic carbocycles. The Morgan fingerprint density at radius 3 is 2.29 bits per heavy atom. The van der Waals surface area contributed by atoms with Crippen molar-refractivity contribution in [2.45, 2.75) is 0 Å². The Labute approximate surface area is 170 Å². The van der Waals surface area contributed by atoms with E-state index in [-0.39, 0.29) is 27.0 Å². The Morgan fingerprint density at radius 2 is 1.79 bits per heavy atom. The van der Waals surface area contributed by atoms with Gasteiger partial charge in [0, 0.05) is 12.1 Å². The summed E-state index contributed by atoms with van der Waals surface area (Å²) < 4.78 is 10.3. The van der Waals surface area contributed by atoms with Gasteiger partial charge >= 0.3 is 0 Å². The van der Waals surface area contributed by atoms with Gasteiger partial charge in [0.05, 0.1) is 34.9 Å². The van der Waals surface area contributed by atoms with Gasteiger partial charge in [-0.3, -0.25) is 14.9 Å². The SMILES string of the molecule is COc1ccc(/C=C(\C#N)C(=O)Nc2c(Cl)cc([N+](=O)[O-])cc2Cl)cc1OC. The number of amides is 1. The summed E-state index contributed by atoms with van der Waals surface area (Å²) in [6.07, 6.45) is 1.34. The number of nitriles is 1. The number of carbonyl (C=O) groups is 1. The van der Waals surface area contributed by atoms with Crippen molar-refractivity contribution < 1.29 is 19.2 Å². The van der Waals surface area contributed by atoms with Gasteiger partial charge in [0.2, 0.25) is 0 Å². The van der Waals surface area contributed by atoms with Crippen LogP contribution in [0.3, 0.4) is 0 Å². The van der Waals surface area contributed by atoms with E-state index in [0.717, 1.165) is 12.1 Å². The van der Waals surface area contributed by atoms with E-state index in [1.807, 2.05) is 0 Å². The lowest BCUT2D eigenvalue weighted by atomic mass is 10.1. The molecule has 28 heavy (non-hydrogen) atoms. The van der Waals surface area contributed by atoms with Crippen LogP contribution in [0, 0.1) is 21.4 Å². The molecule has 0 aliphatic rings. The molecule has 0 unspecified atom stereocenters. The fourth-order valence-electron chi connectivity index (χ4n) is 2.22. The molecule has 2 aromatic rings. The highest BCUT2D eigenvalue weighted by atomic mass is 35.5. The summed E-state index contributed by atoms with van der Waals surface area (Å²) in [4.78, 5) is 22.6. The Bertz CT molecular complexity index is 992. The number of rotatable bonds is 6. The molecule has 2 aromatic carbocycles. The van der Waals surface area contributed by atoms with Crippen LogP contribution in [-0.4, -0.2) is 25.1 Å². The number of hydrogen-bond acceptors (Lipinski definition) is 6. The van der Waals surface area contributed by atoms with Crippen molar-refractivity contribution in [3.05, 3.63) is 61.6 Å². The number of hydrogen-bond donors (Lipinski definition) is 1. The van der Waals surface area contributed by atoms with E-state index < -0.39 is 10.8 Å².